The molecule has 1 fully saturated rings. The van der Waals surface area contributed by atoms with Gasteiger partial charge in [0, 0.05) is 12.1 Å². The second-order valence-corrected chi connectivity index (χ2v) is 5.22. The highest BCUT2D eigenvalue weighted by molar-refractivity contribution is 5.95. The van der Waals surface area contributed by atoms with Gasteiger partial charge in [-0.2, -0.15) is 0 Å². The molecule has 1 N–H and O–H groups in total. The molecule has 1 aromatic rings. The first-order valence-corrected chi connectivity index (χ1v) is 6.84. The number of amides is 2. The van der Waals surface area contributed by atoms with Crippen molar-refractivity contribution in [1.82, 2.24) is 10.2 Å². The third-order valence-electron chi connectivity index (χ3n) is 3.76. The zero-order valence-electron chi connectivity index (χ0n) is 11.7. The van der Waals surface area contributed by atoms with Gasteiger partial charge in [0.2, 0.25) is 11.8 Å². The number of hydrogen-bond donors (Lipinski definition) is 1. The number of carbonyl (C=O) groups is 2. The molecule has 20 heavy (non-hydrogen) atoms. The zero-order chi connectivity index (χ0) is 14.7. The van der Waals surface area contributed by atoms with Crippen molar-refractivity contribution in [3.05, 3.63) is 35.6 Å². The van der Waals surface area contributed by atoms with E-state index in [4.69, 9.17) is 0 Å². The number of halogens is 1. The molecule has 0 spiro atoms. The van der Waals surface area contributed by atoms with Gasteiger partial charge >= 0.3 is 0 Å². The van der Waals surface area contributed by atoms with Crippen LogP contribution in [0.2, 0.25) is 0 Å². The Hall–Kier alpha value is -1.91. The molecule has 0 saturated carbocycles. The van der Waals surface area contributed by atoms with Crippen LogP contribution in [0.15, 0.2) is 24.3 Å². The van der Waals surface area contributed by atoms with E-state index in [-0.39, 0.29) is 36.6 Å². The van der Waals surface area contributed by atoms with Crippen LogP contribution in [0, 0.1) is 11.7 Å². The second-order valence-electron chi connectivity index (χ2n) is 5.22. The van der Waals surface area contributed by atoms with E-state index in [1.807, 2.05) is 13.8 Å². The van der Waals surface area contributed by atoms with Gasteiger partial charge in [0.25, 0.3) is 0 Å². The van der Waals surface area contributed by atoms with E-state index in [1.165, 1.54) is 11.0 Å². The summed E-state index contributed by atoms with van der Waals surface area (Å²) in [6, 6.07) is 5.81. The lowest BCUT2D eigenvalue weighted by molar-refractivity contribution is -0.146. The highest BCUT2D eigenvalue weighted by Gasteiger charge is 2.35. The second kappa shape index (κ2) is 6.03. The fraction of sp³-hybridized carbons (Fsp3) is 0.467. The van der Waals surface area contributed by atoms with Gasteiger partial charge in [0.05, 0.1) is 6.54 Å². The summed E-state index contributed by atoms with van der Waals surface area (Å²) in [6.45, 7) is 4.02. The first kappa shape index (κ1) is 14.5. The molecule has 2 amide bonds. The Balaban J connectivity index is 2.16. The summed E-state index contributed by atoms with van der Waals surface area (Å²) in [5.41, 5.74) is 0.429. The number of nitrogens with zero attached hydrogens (tertiary/aromatic N) is 1. The third kappa shape index (κ3) is 2.98. The molecule has 108 valence electrons. The maximum atomic E-state index is 13.7. The van der Waals surface area contributed by atoms with E-state index in [0.717, 1.165) is 6.42 Å². The number of piperazine rings is 1. The van der Waals surface area contributed by atoms with Crippen molar-refractivity contribution in [3.8, 4) is 0 Å². The topological polar surface area (TPSA) is 49.4 Å². The largest absolute Gasteiger partial charge is 0.342 e. The van der Waals surface area contributed by atoms with E-state index < -0.39 is 6.04 Å². The molecule has 2 unspecified atom stereocenters. The van der Waals surface area contributed by atoms with Crippen LogP contribution in [0.1, 0.15) is 25.8 Å². The SMILES string of the molecule is CCC(C)C1NC(=O)CN(Cc2ccccc2F)C1=O. The van der Waals surface area contributed by atoms with Crippen LogP contribution in [-0.4, -0.2) is 29.3 Å². The standard InChI is InChI=1S/C15H19FN2O2/c1-3-10(2)14-15(20)18(9-13(19)17-14)8-11-6-4-5-7-12(11)16/h4-7,10,14H,3,8-9H2,1-2H3,(H,17,19). The normalized spacial score (nSPS) is 20.8. The summed E-state index contributed by atoms with van der Waals surface area (Å²) in [7, 11) is 0. The summed E-state index contributed by atoms with van der Waals surface area (Å²) < 4.78 is 13.7. The summed E-state index contributed by atoms with van der Waals surface area (Å²) in [5, 5.41) is 2.72. The highest BCUT2D eigenvalue weighted by Crippen LogP contribution is 2.17. The Morgan fingerprint density at radius 3 is 2.75 bits per heavy atom. The lowest BCUT2D eigenvalue weighted by Crippen LogP contribution is -2.59. The Morgan fingerprint density at radius 2 is 2.10 bits per heavy atom. The molecule has 1 heterocycles. The smallest absolute Gasteiger partial charge is 0.246 e. The van der Waals surface area contributed by atoms with Gasteiger partial charge in [0.1, 0.15) is 11.9 Å². The van der Waals surface area contributed by atoms with Crippen molar-refractivity contribution in [2.24, 2.45) is 5.92 Å². The van der Waals surface area contributed by atoms with Crippen LogP contribution >= 0.6 is 0 Å². The van der Waals surface area contributed by atoms with E-state index in [0.29, 0.717) is 5.56 Å². The first-order chi connectivity index (χ1) is 9.52. The molecule has 5 heteroatoms. The van der Waals surface area contributed by atoms with E-state index >= 15 is 0 Å². The van der Waals surface area contributed by atoms with Crippen molar-refractivity contribution >= 4 is 11.8 Å². The van der Waals surface area contributed by atoms with E-state index in [2.05, 4.69) is 5.32 Å². The lowest BCUT2D eigenvalue weighted by Gasteiger charge is -2.35. The Bertz CT molecular complexity index is 518. The molecule has 1 aromatic carbocycles. The predicted molar refractivity (Wildman–Crippen MR) is 73.2 cm³/mol. The van der Waals surface area contributed by atoms with Crippen LogP contribution in [0.3, 0.4) is 0 Å². The summed E-state index contributed by atoms with van der Waals surface area (Å²) in [4.78, 5) is 25.5. The molecule has 1 saturated heterocycles. The van der Waals surface area contributed by atoms with Crippen LogP contribution in [0.4, 0.5) is 4.39 Å². The first-order valence-electron chi connectivity index (χ1n) is 6.84. The number of rotatable bonds is 4. The minimum atomic E-state index is -0.506. The number of hydrogen-bond acceptors (Lipinski definition) is 2. The quantitative estimate of drug-likeness (QED) is 0.911. The molecular formula is C15H19FN2O2. The molecule has 1 aliphatic rings. The van der Waals surface area contributed by atoms with Crippen molar-refractivity contribution in [2.45, 2.75) is 32.9 Å². The van der Waals surface area contributed by atoms with E-state index in [1.54, 1.807) is 18.2 Å². The third-order valence-corrected chi connectivity index (χ3v) is 3.76. The molecule has 0 aromatic heterocycles. The lowest BCUT2D eigenvalue weighted by atomic mass is 9.96. The van der Waals surface area contributed by atoms with Crippen LogP contribution in [0.5, 0.6) is 0 Å². The number of nitrogens with one attached hydrogen (secondary N) is 1. The van der Waals surface area contributed by atoms with Gasteiger partial charge in [-0.1, -0.05) is 38.5 Å². The summed E-state index contributed by atoms with van der Waals surface area (Å²) in [6.07, 6.45) is 0.796. The maximum absolute atomic E-state index is 13.7. The van der Waals surface area contributed by atoms with Gasteiger partial charge in [-0.25, -0.2) is 4.39 Å². The minimum absolute atomic E-state index is 0.0138. The predicted octanol–water partition coefficient (Wildman–Crippen LogP) is 1.70. The van der Waals surface area contributed by atoms with Gasteiger partial charge < -0.3 is 10.2 Å². The Morgan fingerprint density at radius 1 is 1.40 bits per heavy atom. The van der Waals surface area contributed by atoms with Crippen LogP contribution in [0.25, 0.3) is 0 Å². The van der Waals surface area contributed by atoms with Crippen molar-refractivity contribution < 1.29 is 14.0 Å². The fourth-order valence-corrected chi connectivity index (χ4v) is 2.32. The summed E-state index contributed by atoms with van der Waals surface area (Å²) in [5.74, 6) is -0.616. The number of carbonyl (C=O) groups excluding carboxylic acids is 2. The van der Waals surface area contributed by atoms with Crippen molar-refractivity contribution in [1.29, 1.82) is 0 Å². The Kier molecular flexibility index (Phi) is 4.37. The van der Waals surface area contributed by atoms with Crippen LogP contribution < -0.4 is 5.32 Å². The molecular weight excluding hydrogens is 259 g/mol. The van der Waals surface area contributed by atoms with Crippen molar-refractivity contribution in [3.63, 3.8) is 0 Å². The molecule has 0 radical (unpaired) electrons. The van der Waals surface area contributed by atoms with E-state index in [9.17, 15) is 14.0 Å². The van der Waals surface area contributed by atoms with Gasteiger partial charge in [-0.15, -0.1) is 0 Å². The Labute approximate surface area is 118 Å². The molecule has 1 aliphatic heterocycles. The number of benzene rings is 1. The monoisotopic (exact) mass is 278 g/mol. The van der Waals surface area contributed by atoms with Gasteiger partial charge in [0.15, 0.2) is 0 Å². The maximum Gasteiger partial charge on any atom is 0.246 e. The summed E-state index contributed by atoms with van der Waals surface area (Å²) >= 11 is 0. The molecule has 4 nitrogen and oxygen atoms in total. The molecule has 0 bridgehead atoms. The molecule has 0 aliphatic carbocycles. The molecule has 2 rings (SSSR count). The molecule has 2 atom stereocenters. The van der Waals surface area contributed by atoms with Crippen LogP contribution in [-0.2, 0) is 16.1 Å². The average molecular weight is 278 g/mol. The highest BCUT2D eigenvalue weighted by atomic mass is 19.1. The average Bonchev–Trinajstić information content (AvgIpc) is 2.44. The minimum Gasteiger partial charge on any atom is -0.342 e. The van der Waals surface area contributed by atoms with Crippen molar-refractivity contribution in [2.75, 3.05) is 6.54 Å². The van der Waals surface area contributed by atoms with Gasteiger partial charge in [-0.3, -0.25) is 9.59 Å². The zero-order valence-corrected chi connectivity index (χ0v) is 11.7. The fourth-order valence-electron chi connectivity index (χ4n) is 2.32. The van der Waals surface area contributed by atoms with Gasteiger partial charge in [-0.05, 0) is 12.0 Å².